The molecule has 0 aromatic carbocycles. The average Bonchev–Trinajstić information content (AvgIpc) is 2.62. The lowest BCUT2D eigenvalue weighted by atomic mass is 10.3. The van der Waals surface area contributed by atoms with Gasteiger partial charge in [-0.15, -0.1) is 0 Å². The van der Waals surface area contributed by atoms with Gasteiger partial charge in [-0.2, -0.15) is 5.10 Å². The average molecular weight is 176 g/mol. The van der Waals surface area contributed by atoms with Crippen molar-refractivity contribution in [1.82, 2.24) is 19.3 Å². The van der Waals surface area contributed by atoms with Crippen LogP contribution < -0.4 is 0 Å². The van der Waals surface area contributed by atoms with Gasteiger partial charge in [0.1, 0.15) is 5.82 Å². The highest BCUT2D eigenvalue weighted by Gasteiger charge is 2.07. The third kappa shape index (κ3) is 1.14. The molecule has 2 rings (SSSR count). The normalized spacial score (nSPS) is 10.7. The fourth-order valence-corrected chi connectivity index (χ4v) is 1.37. The van der Waals surface area contributed by atoms with E-state index in [1.807, 2.05) is 38.0 Å². The Balaban J connectivity index is 2.59. The van der Waals surface area contributed by atoms with E-state index in [-0.39, 0.29) is 0 Å². The minimum atomic E-state index is 1.01. The van der Waals surface area contributed by atoms with Crippen LogP contribution in [0.2, 0.25) is 0 Å². The van der Waals surface area contributed by atoms with Gasteiger partial charge in [0.05, 0.1) is 17.6 Å². The van der Waals surface area contributed by atoms with Gasteiger partial charge in [0.25, 0.3) is 0 Å². The zero-order valence-corrected chi connectivity index (χ0v) is 8.02. The van der Waals surface area contributed by atoms with Gasteiger partial charge in [0, 0.05) is 20.3 Å². The Kier molecular flexibility index (Phi) is 1.69. The van der Waals surface area contributed by atoms with E-state index < -0.39 is 0 Å². The van der Waals surface area contributed by atoms with Crippen molar-refractivity contribution >= 4 is 0 Å². The summed E-state index contributed by atoms with van der Waals surface area (Å²) in [5.74, 6) is 1.01. The standard InChI is InChI=1S/C9H12N4/c1-7-10-6-9(12(7)2)8-4-5-11-13(8)3/h4-6H,1-3H3. The lowest BCUT2D eigenvalue weighted by Crippen LogP contribution is -1.99. The van der Waals surface area contributed by atoms with Gasteiger partial charge >= 0.3 is 0 Å². The highest BCUT2D eigenvalue weighted by atomic mass is 15.3. The van der Waals surface area contributed by atoms with Gasteiger partial charge in [0.15, 0.2) is 0 Å². The molecule has 0 spiro atoms. The molecular formula is C9H12N4. The third-order valence-corrected chi connectivity index (χ3v) is 2.30. The molecule has 2 aromatic heterocycles. The third-order valence-electron chi connectivity index (χ3n) is 2.30. The maximum Gasteiger partial charge on any atom is 0.105 e. The van der Waals surface area contributed by atoms with Crippen LogP contribution in [0.3, 0.4) is 0 Å². The van der Waals surface area contributed by atoms with Crippen LogP contribution in [0.5, 0.6) is 0 Å². The zero-order valence-electron chi connectivity index (χ0n) is 8.02. The number of aryl methyl sites for hydroxylation is 2. The summed E-state index contributed by atoms with van der Waals surface area (Å²) < 4.78 is 3.90. The van der Waals surface area contributed by atoms with E-state index >= 15 is 0 Å². The first-order valence-electron chi connectivity index (χ1n) is 4.17. The van der Waals surface area contributed by atoms with E-state index in [0.29, 0.717) is 0 Å². The predicted octanol–water partition coefficient (Wildman–Crippen LogP) is 1.13. The molecular weight excluding hydrogens is 164 g/mol. The first-order valence-corrected chi connectivity index (χ1v) is 4.17. The summed E-state index contributed by atoms with van der Waals surface area (Å²) in [5, 5.41) is 4.12. The van der Waals surface area contributed by atoms with E-state index in [1.54, 1.807) is 6.20 Å². The molecule has 68 valence electrons. The van der Waals surface area contributed by atoms with Gasteiger partial charge < -0.3 is 4.57 Å². The van der Waals surface area contributed by atoms with Crippen molar-refractivity contribution in [2.75, 3.05) is 0 Å². The maximum absolute atomic E-state index is 4.24. The highest BCUT2D eigenvalue weighted by Crippen LogP contribution is 2.17. The van der Waals surface area contributed by atoms with Crippen LogP contribution in [0.25, 0.3) is 11.4 Å². The fourth-order valence-electron chi connectivity index (χ4n) is 1.37. The van der Waals surface area contributed by atoms with E-state index in [2.05, 4.69) is 14.6 Å². The van der Waals surface area contributed by atoms with E-state index in [1.165, 1.54) is 0 Å². The molecule has 0 saturated heterocycles. The monoisotopic (exact) mass is 176 g/mol. The topological polar surface area (TPSA) is 35.6 Å². The Morgan fingerprint density at radius 1 is 1.23 bits per heavy atom. The summed E-state index contributed by atoms with van der Waals surface area (Å²) in [6.45, 7) is 1.99. The van der Waals surface area contributed by atoms with Crippen LogP contribution in [0.15, 0.2) is 18.5 Å². The molecule has 2 aromatic rings. The molecule has 0 saturated carbocycles. The Hall–Kier alpha value is -1.58. The van der Waals surface area contributed by atoms with Crippen molar-refractivity contribution in [3.8, 4) is 11.4 Å². The van der Waals surface area contributed by atoms with Crippen LogP contribution in [0.1, 0.15) is 5.82 Å². The van der Waals surface area contributed by atoms with Crippen LogP contribution in [-0.2, 0) is 14.1 Å². The number of hydrogen-bond acceptors (Lipinski definition) is 2. The molecule has 4 nitrogen and oxygen atoms in total. The number of rotatable bonds is 1. The largest absolute Gasteiger partial charge is 0.330 e. The van der Waals surface area contributed by atoms with Crippen LogP contribution in [0, 0.1) is 6.92 Å². The van der Waals surface area contributed by atoms with Crippen molar-refractivity contribution in [2.45, 2.75) is 6.92 Å². The Morgan fingerprint density at radius 2 is 2.00 bits per heavy atom. The van der Waals surface area contributed by atoms with Crippen molar-refractivity contribution < 1.29 is 0 Å². The molecule has 2 heterocycles. The second-order valence-electron chi connectivity index (χ2n) is 3.09. The first kappa shape index (κ1) is 8.04. The van der Waals surface area contributed by atoms with Gasteiger partial charge in [-0.3, -0.25) is 4.68 Å². The minimum absolute atomic E-state index is 1.01. The SMILES string of the molecule is Cc1ncc(-c2ccnn2C)n1C. The van der Waals surface area contributed by atoms with Gasteiger partial charge in [-0.05, 0) is 13.0 Å². The Labute approximate surface area is 76.8 Å². The summed E-state index contributed by atoms with van der Waals surface area (Å²) in [6, 6.07) is 1.98. The molecule has 0 bridgehead atoms. The number of imidazole rings is 1. The van der Waals surface area contributed by atoms with E-state index in [4.69, 9.17) is 0 Å². The molecule has 0 aliphatic rings. The second-order valence-corrected chi connectivity index (χ2v) is 3.09. The van der Waals surface area contributed by atoms with Crippen molar-refractivity contribution in [3.05, 3.63) is 24.3 Å². The fraction of sp³-hybridized carbons (Fsp3) is 0.333. The van der Waals surface area contributed by atoms with Gasteiger partial charge in [0.2, 0.25) is 0 Å². The Bertz CT molecular complexity index is 425. The summed E-state index contributed by atoms with van der Waals surface area (Å²) in [7, 11) is 3.93. The summed E-state index contributed by atoms with van der Waals surface area (Å²) in [5.41, 5.74) is 2.18. The zero-order chi connectivity index (χ0) is 9.42. The maximum atomic E-state index is 4.24. The molecule has 0 amide bonds. The minimum Gasteiger partial charge on any atom is -0.330 e. The van der Waals surface area contributed by atoms with E-state index in [9.17, 15) is 0 Å². The van der Waals surface area contributed by atoms with Crippen molar-refractivity contribution in [1.29, 1.82) is 0 Å². The lowest BCUT2D eigenvalue weighted by Gasteiger charge is -2.03. The van der Waals surface area contributed by atoms with Gasteiger partial charge in [-0.25, -0.2) is 4.98 Å². The number of hydrogen-bond donors (Lipinski definition) is 0. The van der Waals surface area contributed by atoms with Crippen LogP contribution >= 0.6 is 0 Å². The van der Waals surface area contributed by atoms with Crippen LogP contribution in [0.4, 0.5) is 0 Å². The molecule has 0 aliphatic carbocycles. The highest BCUT2D eigenvalue weighted by molar-refractivity contribution is 5.54. The molecule has 0 radical (unpaired) electrons. The summed E-state index contributed by atoms with van der Waals surface area (Å²) >= 11 is 0. The molecule has 0 fully saturated rings. The molecule has 4 heteroatoms. The quantitative estimate of drug-likeness (QED) is 0.653. The molecule has 0 N–H and O–H groups in total. The lowest BCUT2D eigenvalue weighted by molar-refractivity contribution is 0.762. The number of aromatic nitrogens is 4. The smallest absolute Gasteiger partial charge is 0.105 e. The van der Waals surface area contributed by atoms with Crippen molar-refractivity contribution in [2.24, 2.45) is 14.1 Å². The number of nitrogens with zero attached hydrogens (tertiary/aromatic N) is 4. The van der Waals surface area contributed by atoms with Gasteiger partial charge in [-0.1, -0.05) is 0 Å². The first-order chi connectivity index (χ1) is 6.20. The molecule has 0 unspecified atom stereocenters. The summed E-state index contributed by atoms with van der Waals surface area (Å²) in [6.07, 6.45) is 3.66. The molecule has 0 aliphatic heterocycles. The second kappa shape index (κ2) is 2.73. The predicted molar refractivity (Wildman–Crippen MR) is 50.1 cm³/mol. The molecule has 13 heavy (non-hydrogen) atoms. The van der Waals surface area contributed by atoms with Crippen molar-refractivity contribution in [3.63, 3.8) is 0 Å². The van der Waals surface area contributed by atoms with Crippen LogP contribution in [-0.4, -0.2) is 19.3 Å². The summed E-state index contributed by atoms with van der Waals surface area (Å²) in [4.78, 5) is 4.24. The van der Waals surface area contributed by atoms with E-state index in [0.717, 1.165) is 17.2 Å². The Morgan fingerprint density at radius 3 is 2.46 bits per heavy atom. The molecule has 0 atom stereocenters.